The maximum absolute atomic E-state index is 13.6. The number of aryl methyl sites for hydroxylation is 1. The summed E-state index contributed by atoms with van der Waals surface area (Å²) >= 11 is 0. The van der Waals surface area contributed by atoms with Gasteiger partial charge in [-0.25, -0.2) is 8.42 Å². The molecule has 5 rings (SSSR count). The highest BCUT2D eigenvalue weighted by atomic mass is 32.2. The quantitative estimate of drug-likeness (QED) is 0.100. The monoisotopic (exact) mass is 612 g/mol. The third-order valence-corrected chi connectivity index (χ3v) is 8.56. The minimum atomic E-state index is -4.05. The fourth-order valence-corrected chi connectivity index (χ4v) is 6.17. The second-order valence-electron chi connectivity index (χ2n) is 10.3. The number of nitrogen functional groups attached to an aromatic ring is 1. The fraction of sp³-hybridized carbons (Fsp3) is 0.188. The summed E-state index contributed by atoms with van der Waals surface area (Å²) in [6.07, 6.45) is 0.514. The molecular formula is C32H32N6O5S. The number of nitrogens with zero attached hydrogens (tertiary/aromatic N) is 2. The average Bonchev–Trinajstić information content (AvgIpc) is 3.29. The van der Waals surface area contributed by atoms with Crippen LogP contribution in [-0.2, 0) is 44.2 Å². The molecular weight excluding hydrogens is 580 g/mol. The van der Waals surface area contributed by atoms with Crippen LogP contribution in [0.4, 0.5) is 5.69 Å². The first-order valence-electron chi connectivity index (χ1n) is 13.9. The molecule has 0 saturated heterocycles. The van der Waals surface area contributed by atoms with E-state index in [9.17, 15) is 18.0 Å². The molecule has 0 spiro atoms. The Balaban J connectivity index is 1.36. The third kappa shape index (κ3) is 6.70. The van der Waals surface area contributed by atoms with Gasteiger partial charge in [0.25, 0.3) is 10.0 Å². The SMILES string of the molecule is CCOC(=O)CNC(=O)Cc1ccc2cccc(S(=O)(=O)Nc3ccc4c(c3)cc(Cc3ccc(C(=N)N)cc3)n4C)c2n1. The first-order valence-corrected chi connectivity index (χ1v) is 15.4. The van der Waals surface area contributed by atoms with E-state index in [0.717, 1.165) is 22.2 Å². The summed E-state index contributed by atoms with van der Waals surface area (Å²) in [7, 11) is -2.09. The highest BCUT2D eigenvalue weighted by Crippen LogP contribution is 2.28. The van der Waals surface area contributed by atoms with Crippen LogP contribution in [-0.4, -0.2) is 48.8 Å². The van der Waals surface area contributed by atoms with E-state index in [0.29, 0.717) is 28.8 Å². The molecule has 5 N–H and O–H groups in total. The van der Waals surface area contributed by atoms with Gasteiger partial charge in [-0.3, -0.25) is 24.7 Å². The van der Waals surface area contributed by atoms with Crippen LogP contribution in [0.5, 0.6) is 0 Å². The number of anilines is 1. The van der Waals surface area contributed by atoms with Crippen molar-refractivity contribution < 1.29 is 22.7 Å². The van der Waals surface area contributed by atoms with Crippen LogP contribution >= 0.6 is 0 Å². The van der Waals surface area contributed by atoms with Crippen molar-refractivity contribution in [2.45, 2.75) is 24.7 Å². The standard InChI is InChI=1S/C32H32N6O5S/c1-3-43-30(40)19-35-29(39)18-24-12-11-21-5-4-6-28(31(21)36-24)44(41,42)37-25-13-14-27-23(16-25)17-26(38(27)2)15-20-7-9-22(10-8-20)32(33)34/h4-14,16-17,37H,3,15,18-19H2,1-2H3,(H3,33,34)(H,35,39). The first kappa shape index (κ1) is 30.2. The van der Waals surface area contributed by atoms with Gasteiger partial charge in [-0.05, 0) is 48.9 Å². The zero-order chi connectivity index (χ0) is 31.4. The van der Waals surface area contributed by atoms with Crippen molar-refractivity contribution in [2.24, 2.45) is 12.8 Å². The van der Waals surface area contributed by atoms with Gasteiger partial charge in [0.05, 0.1) is 24.2 Å². The molecule has 44 heavy (non-hydrogen) atoms. The molecule has 0 atom stereocenters. The highest BCUT2D eigenvalue weighted by molar-refractivity contribution is 7.93. The van der Waals surface area contributed by atoms with Gasteiger partial charge in [-0.15, -0.1) is 0 Å². The lowest BCUT2D eigenvalue weighted by atomic mass is 10.1. The van der Waals surface area contributed by atoms with Gasteiger partial charge >= 0.3 is 5.97 Å². The summed E-state index contributed by atoms with van der Waals surface area (Å²) in [4.78, 5) is 28.4. The van der Waals surface area contributed by atoms with Gasteiger partial charge in [0.15, 0.2) is 0 Å². The van der Waals surface area contributed by atoms with Gasteiger partial charge in [0.2, 0.25) is 5.91 Å². The van der Waals surface area contributed by atoms with E-state index in [-0.39, 0.29) is 35.8 Å². The van der Waals surface area contributed by atoms with E-state index in [1.807, 2.05) is 43.4 Å². The topological polar surface area (TPSA) is 169 Å². The van der Waals surface area contributed by atoms with Crippen LogP contribution < -0.4 is 15.8 Å². The Morgan fingerprint density at radius 1 is 1.00 bits per heavy atom. The number of hydrogen-bond acceptors (Lipinski definition) is 7. The summed E-state index contributed by atoms with van der Waals surface area (Å²) in [5.41, 5.74) is 10.2. The Labute approximate surface area is 254 Å². The number of hydrogen-bond donors (Lipinski definition) is 4. The number of benzene rings is 3. The van der Waals surface area contributed by atoms with E-state index in [1.165, 1.54) is 6.07 Å². The van der Waals surface area contributed by atoms with Crippen molar-refractivity contribution in [3.8, 4) is 0 Å². The number of rotatable bonds is 11. The molecule has 2 heterocycles. The molecule has 226 valence electrons. The molecule has 11 nitrogen and oxygen atoms in total. The smallest absolute Gasteiger partial charge is 0.325 e. The van der Waals surface area contributed by atoms with Gasteiger partial charge in [-0.2, -0.15) is 0 Å². The number of amides is 1. The van der Waals surface area contributed by atoms with Crippen molar-refractivity contribution in [2.75, 3.05) is 17.9 Å². The number of aromatic nitrogens is 2. The molecule has 0 saturated carbocycles. The van der Waals surface area contributed by atoms with Crippen LogP contribution in [0.25, 0.3) is 21.8 Å². The highest BCUT2D eigenvalue weighted by Gasteiger charge is 2.20. The number of carbonyl (C=O) groups is 2. The van der Waals surface area contributed by atoms with Gasteiger partial charge < -0.3 is 20.4 Å². The number of nitrogens with one attached hydrogen (secondary N) is 3. The number of amidine groups is 1. The number of nitrogens with two attached hydrogens (primary N) is 1. The van der Waals surface area contributed by atoms with E-state index in [2.05, 4.69) is 19.6 Å². The minimum absolute atomic E-state index is 0.0195. The van der Waals surface area contributed by atoms with Crippen molar-refractivity contribution in [1.82, 2.24) is 14.9 Å². The number of fused-ring (bicyclic) bond motifs is 2. The number of para-hydroxylation sites is 1. The lowest BCUT2D eigenvalue weighted by molar-refractivity contribution is -0.143. The van der Waals surface area contributed by atoms with Crippen LogP contribution in [0.1, 0.15) is 29.4 Å². The molecule has 5 aromatic rings. The Morgan fingerprint density at radius 3 is 2.50 bits per heavy atom. The molecule has 0 radical (unpaired) electrons. The van der Waals surface area contributed by atoms with Gasteiger partial charge in [0.1, 0.15) is 17.3 Å². The molecule has 0 aliphatic carbocycles. The Kier molecular flexibility index (Phi) is 8.63. The second-order valence-corrected chi connectivity index (χ2v) is 11.9. The van der Waals surface area contributed by atoms with E-state index < -0.39 is 21.9 Å². The zero-order valence-corrected chi connectivity index (χ0v) is 25.1. The fourth-order valence-electron chi connectivity index (χ4n) is 4.95. The maximum Gasteiger partial charge on any atom is 0.325 e. The maximum atomic E-state index is 13.6. The second kappa shape index (κ2) is 12.6. The molecule has 0 aliphatic rings. The van der Waals surface area contributed by atoms with Crippen molar-refractivity contribution in [1.29, 1.82) is 5.41 Å². The lowest BCUT2D eigenvalue weighted by Crippen LogP contribution is -2.31. The van der Waals surface area contributed by atoms with Crippen LogP contribution in [0.3, 0.4) is 0 Å². The van der Waals surface area contributed by atoms with E-state index in [1.54, 1.807) is 43.3 Å². The van der Waals surface area contributed by atoms with E-state index in [4.69, 9.17) is 15.9 Å². The van der Waals surface area contributed by atoms with Crippen molar-refractivity contribution in [3.63, 3.8) is 0 Å². The number of esters is 1. The van der Waals surface area contributed by atoms with Crippen molar-refractivity contribution >= 4 is 55.2 Å². The number of pyridine rings is 1. The molecule has 1 amide bonds. The third-order valence-electron chi connectivity index (χ3n) is 7.15. The van der Waals surface area contributed by atoms with Crippen LogP contribution in [0, 0.1) is 5.41 Å². The molecule has 2 aromatic heterocycles. The Morgan fingerprint density at radius 2 is 1.77 bits per heavy atom. The predicted octanol–water partition coefficient (Wildman–Crippen LogP) is 3.62. The number of ether oxygens (including phenoxy) is 1. The van der Waals surface area contributed by atoms with Crippen LogP contribution in [0.2, 0.25) is 0 Å². The Bertz CT molecular complexity index is 2000. The molecule has 0 fully saturated rings. The van der Waals surface area contributed by atoms with E-state index >= 15 is 0 Å². The minimum Gasteiger partial charge on any atom is -0.465 e. The van der Waals surface area contributed by atoms with Crippen molar-refractivity contribution in [3.05, 3.63) is 101 Å². The first-order chi connectivity index (χ1) is 21.0. The number of carbonyl (C=O) groups excluding carboxylic acids is 2. The van der Waals surface area contributed by atoms with Crippen LogP contribution in [0.15, 0.2) is 83.8 Å². The summed E-state index contributed by atoms with van der Waals surface area (Å²) in [6.45, 7) is 1.63. The summed E-state index contributed by atoms with van der Waals surface area (Å²) in [5.74, 6) is -0.963. The summed E-state index contributed by atoms with van der Waals surface area (Å²) in [5, 5.41) is 11.5. The molecule has 12 heteroatoms. The zero-order valence-electron chi connectivity index (χ0n) is 24.3. The molecule has 0 bridgehead atoms. The molecule has 3 aromatic carbocycles. The lowest BCUT2D eigenvalue weighted by Gasteiger charge is -2.12. The summed E-state index contributed by atoms with van der Waals surface area (Å²) in [6, 6.07) is 23.1. The largest absolute Gasteiger partial charge is 0.465 e. The number of sulfonamides is 1. The Hall–Kier alpha value is -5.23. The predicted molar refractivity (Wildman–Crippen MR) is 169 cm³/mol. The van der Waals surface area contributed by atoms with Gasteiger partial charge in [0, 0.05) is 46.7 Å². The van der Waals surface area contributed by atoms with Gasteiger partial charge in [-0.1, -0.05) is 42.5 Å². The normalized spacial score (nSPS) is 11.4. The average molecular weight is 613 g/mol. The summed E-state index contributed by atoms with van der Waals surface area (Å²) < 4.78 is 36.8. The molecule has 0 unspecified atom stereocenters. The molecule has 0 aliphatic heterocycles.